The van der Waals surface area contributed by atoms with Crippen LogP contribution in [0.25, 0.3) is 0 Å². The highest BCUT2D eigenvalue weighted by Gasteiger charge is 2.20. The van der Waals surface area contributed by atoms with Gasteiger partial charge >= 0.3 is 0 Å². The second kappa shape index (κ2) is 4.77. The quantitative estimate of drug-likeness (QED) is 0.778. The highest BCUT2D eigenvalue weighted by molar-refractivity contribution is 6.30. The fraction of sp³-hybridized carbons (Fsp3) is 0.417. The van der Waals surface area contributed by atoms with Crippen molar-refractivity contribution in [3.63, 3.8) is 0 Å². The number of ketones is 1. The van der Waals surface area contributed by atoms with Gasteiger partial charge < -0.3 is 5.32 Å². The second-order valence-electron chi connectivity index (χ2n) is 4.00. The number of rotatable bonds is 5. The Kier molecular flexibility index (Phi) is 3.39. The third-order valence-corrected chi connectivity index (χ3v) is 2.83. The third-order valence-electron chi connectivity index (χ3n) is 2.58. The lowest BCUT2D eigenvalue weighted by Crippen LogP contribution is -2.24. The molecule has 80 valence electrons. The van der Waals surface area contributed by atoms with Crippen molar-refractivity contribution >= 4 is 17.4 Å². The summed E-state index contributed by atoms with van der Waals surface area (Å²) >= 11 is 5.74. The van der Waals surface area contributed by atoms with E-state index in [-0.39, 0.29) is 5.78 Å². The molecule has 0 aromatic heterocycles. The lowest BCUT2D eigenvalue weighted by atomic mass is 10.1. The number of carbonyl (C=O) groups is 1. The molecular formula is C12H14ClNO. The summed E-state index contributed by atoms with van der Waals surface area (Å²) in [6, 6.07) is 7.03. The zero-order valence-corrected chi connectivity index (χ0v) is 9.26. The van der Waals surface area contributed by atoms with Crippen LogP contribution in [0.1, 0.15) is 23.2 Å². The monoisotopic (exact) mass is 223 g/mol. The first-order chi connectivity index (χ1) is 7.25. The highest BCUT2D eigenvalue weighted by atomic mass is 35.5. The molecule has 2 rings (SSSR count). The van der Waals surface area contributed by atoms with E-state index in [1.54, 1.807) is 24.3 Å². The standard InChI is InChI=1S/C12H14ClNO/c13-11-5-3-10(4-6-11)12(15)8-14-7-9-1-2-9/h3-6,9,14H,1-2,7-8H2. The molecule has 0 unspecified atom stereocenters. The van der Waals surface area contributed by atoms with Crippen LogP contribution >= 0.6 is 11.6 Å². The fourth-order valence-electron chi connectivity index (χ4n) is 1.45. The molecule has 0 saturated heterocycles. The number of carbonyl (C=O) groups excluding carboxylic acids is 1. The van der Waals surface area contributed by atoms with Crippen LogP contribution in [0, 0.1) is 5.92 Å². The smallest absolute Gasteiger partial charge is 0.176 e. The van der Waals surface area contributed by atoms with Gasteiger partial charge in [0.05, 0.1) is 6.54 Å². The van der Waals surface area contributed by atoms with Gasteiger partial charge in [0.1, 0.15) is 0 Å². The SMILES string of the molecule is O=C(CNCC1CC1)c1ccc(Cl)cc1. The normalized spacial score (nSPS) is 15.3. The predicted molar refractivity (Wildman–Crippen MR) is 61.4 cm³/mol. The second-order valence-corrected chi connectivity index (χ2v) is 4.44. The molecule has 15 heavy (non-hydrogen) atoms. The van der Waals surface area contributed by atoms with Gasteiger partial charge in [-0.3, -0.25) is 4.79 Å². The maximum absolute atomic E-state index is 11.7. The zero-order valence-electron chi connectivity index (χ0n) is 8.50. The van der Waals surface area contributed by atoms with Crippen molar-refractivity contribution in [2.75, 3.05) is 13.1 Å². The van der Waals surface area contributed by atoms with Gasteiger partial charge in [0.25, 0.3) is 0 Å². The zero-order chi connectivity index (χ0) is 10.7. The molecule has 1 fully saturated rings. The van der Waals surface area contributed by atoms with Crippen LogP contribution in [0.4, 0.5) is 0 Å². The average Bonchev–Trinajstić information content (AvgIpc) is 3.02. The van der Waals surface area contributed by atoms with Crippen LogP contribution in [-0.4, -0.2) is 18.9 Å². The number of halogens is 1. The Morgan fingerprint density at radius 1 is 1.33 bits per heavy atom. The molecule has 3 heteroatoms. The van der Waals surface area contributed by atoms with Gasteiger partial charge in [-0.1, -0.05) is 11.6 Å². The number of hydrogen-bond acceptors (Lipinski definition) is 2. The van der Waals surface area contributed by atoms with E-state index in [2.05, 4.69) is 5.32 Å². The molecule has 0 heterocycles. The number of benzene rings is 1. The van der Waals surface area contributed by atoms with Crippen molar-refractivity contribution in [3.8, 4) is 0 Å². The number of nitrogens with one attached hydrogen (secondary N) is 1. The van der Waals surface area contributed by atoms with Crippen molar-refractivity contribution in [2.45, 2.75) is 12.8 Å². The van der Waals surface area contributed by atoms with Gasteiger partial charge in [0.2, 0.25) is 0 Å². The molecule has 0 amide bonds. The summed E-state index contributed by atoms with van der Waals surface area (Å²) in [5.74, 6) is 0.940. The maximum Gasteiger partial charge on any atom is 0.176 e. The van der Waals surface area contributed by atoms with E-state index in [9.17, 15) is 4.79 Å². The van der Waals surface area contributed by atoms with Gasteiger partial charge in [0.15, 0.2) is 5.78 Å². The van der Waals surface area contributed by atoms with E-state index in [4.69, 9.17) is 11.6 Å². The van der Waals surface area contributed by atoms with Crippen LogP contribution in [0.5, 0.6) is 0 Å². The fourth-order valence-corrected chi connectivity index (χ4v) is 1.58. The molecular weight excluding hydrogens is 210 g/mol. The van der Waals surface area contributed by atoms with Gasteiger partial charge in [-0.05, 0) is 49.6 Å². The molecule has 0 aliphatic heterocycles. The Labute approximate surface area is 94.6 Å². The van der Waals surface area contributed by atoms with Crippen LogP contribution in [0.15, 0.2) is 24.3 Å². The Hall–Kier alpha value is -0.860. The number of Topliss-reactive ketones (excluding diaryl/α,β-unsaturated/α-hetero) is 1. The summed E-state index contributed by atoms with van der Waals surface area (Å²) in [6.07, 6.45) is 2.62. The van der Waals surface area contributed by atoms with E-state index in [0.717, 1.165) is 18.0 Å². The minimum atomic E-state index is 0.132. The lowest BCUT2D eigenvalue weighted by Gasteiger charge is -2.03. The van der Waals surface area contributed by atoms with E-state index in [1.165, 1.54) is 12.8 Å². The van der Waals surface area contributed by atoms with Crippen molar-refractivity contribution in [1.82, 2.24) is 5.32 Å². The van der Waals surface area contributed by atoms with Crippen LogP contribution in [-0.2, 0) is 0 Å². The summed E-state index contributed by atoms with van der Waals surface area (Å²) in [7, 11) is 0. The summed E-state index contributed by atoms with van der Waals surface area (Å²) in [5.41, 5.74) is 0.725. The van der Waals surface area contributed by atoms with Gasteiger partial charge in [-0.15, -0.1) is 0 Å². The average molecular weight is 224 g/mol. The van der Waals surface area contributed by atoms with Crippen LogP contribution in [0.2, 0.25) is 5.02 Å². The molecule has 2 nitrogen and oxygen atoms in total. The summed E-state index contributed by atoms with van der Waals surface area (Å²) < 4.78 is 0. The van der Waals surface area contributed by atoms with Crippen molar-refractivity contribution in [2.24, 2.45) is 5.92 Å². The molecule has 1 aromatic rings. The van der Waals surface area contributed by atoms with Gasteiger partial charge in [-0.25, -0.2) is 0 Å². The van der Waals surface area contributed by atoms with E-state index < -0.39 is 0 Å². The van der Waals surface area contributed by atoms with Crippen molar-refractivity contribution < 1.29 is 4.79 Å². The first-order valence-electron chi connectivity index (χ1n) is 5.25. The Balaban J connectivity index is 1.81. The largest absolute Gasteiger partial charge is 0.309 e. The van der Waals surface area contributed by atoms with Crippen LogP contribution in [0.3, 0.4) is 0 Å². The summed E-state index contributed by atoms with van der Waals surface area (Å²) in [5, 5.41) is 3.84. The minimum Gasteiger partial charge on any atom is -0.309 e. The Bertz CT molecular complexity index is 343. The van der Waals surface area contributed by atoms with E-state index in [0.29, 0.717) is 11.6 Å². The molecule has 0 radical (unpaired) electrons. The molecule has 1 N–H and O–H groups in total. The molecule has 0 atom stereocenters. The van der Waals surface area contributed by atoms with Crippen molar-refractivity contribution in [3.05, 3.63) is 34.9 Å². The van der Waals surface area contributed by atoms with Gasteiger partial charge in [0, 0.05) is 10.6 Å². The molecule has 1 aromatic carbocycles. The summed E-state index contributed by atoms with van der Waals surface area (Å²) in [6.45, 7) is 1.40. The first kappa shape index (κ1) is 10.7. The Morgan fingerprint density at radius 2 is 2.00 bits per heavy atom. The minimum absolute atomic E-state index is 0.132. The van der Waals surface area contributed by atoms with Gasteiger partial charge in [-0.2, -0.15) is 0 Å². The van der Waals surface area contributed by atoms with E-state index in [1.807, 2.05) is 0 Å². The molecule has 1 aliphatic rings. The van der Waals surface area contributed by atoms with Crippen molar-refractivity contribution in [1.29, 1.82) is 0 Å². The molecule has 1 saturated carbocycles. The summed E-state index contributed by atoms with van der Waals surface area (Å²) in [4.78, 5) is 11.7. The lowest BCUT2D eigenvalue weighted by molar-refractivity contribution is 0.0991. The topological polar surface area (TPSA) is 29.1 Å². The van der Waals surface area contributed by atoms with Crippen LogP contribution < -0.4 is 5.32 Å². The maximum atomic E-state index is 11.7. The molecule has 0 spiro atoms. The Morgan fingerprint density at radius 3 is 2.60 bits per heavy atom. The predicted octanol–water partition coefficient (Wildman–Crippen LogP) is 2.52. The number of hydrogen-bond donors (Lipinski definition) is 1. The highest BCUT2D eigenvalue weighted by Crippen LogP contribution is 2.27. The molecule has 0 bridgehead atoms. The third kappa shape index (κ3) is 3.33. The first-order valence-corrected chi connectivity index (χ1v) is 5.63. The van der Waals surface area contributed by atoms with E-state index >= 15 is 0 Å². The molecule has 1 aliphatic carbocycles.